The summed E-state index contributed by atoms with van der Waals surface area (Å²) < 4.78 is 43.9. The molecule has 18 heavy (non-hydrogen) atoms. The van der Waals surface area contributed by atoms with Crippen LogP contribution in [0.3, 0.4) is 0 Å². The van der Waals surface area contributed by atoms with Crippen molar-refractivity contribution < 1.29 is 17.9 Å². The lowest BCUT2D eigenvalue weighted by Gasteiger charge is -2.20. The molecule has 1 aromatic carbocycles. The van der Waals surface area contributed by atoms with Gasteiger partial charge in [0.2, 0.25) is 0 Å². The van der Waals surface area contributed by atoms with Crippen LogP contribution in [0.15, 0.2) is 24.3 Å². The van der Waals surface area contributed by atoms with E-state index in [2.05, 4.69) is 5.32 Å². The first-order valence-electron chi connectivity index (χ1n) is 6.11. The lowest BCUT2D eigenvalue weighted by atomic mass is 10.1. The van der Waals surface area contributed by atoms with Crippen LogP contribution in [0, 0.1) is 0 Å². The van der Waals surface area contributed by atoms with E-state index in [9.17, 15) is 13.2 Å². The van der Waals surface area contributed by atoms with E-state index in [0.29, 0.717) is 0 Å². The molecular formula is C13H16F3NO. The molecule has 1 fully saturated rings. The van der Waals surface area contributed by atoms with Gasteiger partial charge in [0.25, 0.3) is 0 Å². The van der Waals surface area contributed by atoms with Crippen LogP contribution in [0.5, 0.6) is 5.75 Å². The lowest BCUT2D eigenvalue weighted by Crippen LogP contribution is -2.21. The van der Waals surface area contributed by atoms with Gasteiger partial charge < -0.3 is 10.1 Å². The largest absolute Gasteiger partial charge is 0.490 e. The molecule has 2 nitrogen and oxygen atoms in total. The number of para-hydroxylation sites is 1. The van der Waals surface area contributed by atoms with Crippen LogP contribution in [0.4, 0.5) is 13.2 Å². The first kappa shape index (κ1) is 13.2. The first-order chi connectivity index (χ1) is 8.57. The second-order valence-corrected chi connectivity index (χ2v) is 4.41. The van der Waals surface area contributed by atoms with Crippen LogP contribution in [0.1, 0.15) is 24.8 Å². The average molecular weight is 259 g/mol. The monoisotopic (exact) mass is 259 g/mol. The second-order valence-electron chi connectivity index (χ2n) is 4.41. The number of nitrogens with one attached hydrogen (secondary N) is 1. The molecule has 0 bridgehead atoms. The first-order valence-corrected chi connectivity index (χ1v) is 6.11. The summed E-state index contributed by atoms with van der Waals surface area (Å²) in [5.41, 5.74) is -0.692. The number of ether oxygens (including phenoxy) is 1. The zero-order valence-corrected chi connectivity index (χ0v) is 9.96. The third-order valence-electron chi connectivity index (χ3n) is 3.01. The maximum Gasteiger partial charge on any atom is 0.419 e. The number of hydrogen-bond acceptors (Lipinski definition) is 2. The van der Waals surface area contributed by atoms with Crippen molar-refractivity contribution >= 4 is 0 Å². The molecule has 1 saturated heterocycles. The fourth-order valence-corrected chi connectivity index (χ4v) is 2.09. The van der Waals surface area contributed by atoms with Gasteiger partial charge in [-0.05, 0) is 44.5 Å². The minimum absolute atomic E-state index is 0.0584. The van der Waals surface area contributed by atoms with E-state index in [1.807, 2.05) is 0 Å². The van der Waals surface area contributed by atoms with Gasteiger partial charge in [-0.1, -0.05) is 12.1 Å². The van der Waals surface area contributed by atoms with E-state index in [0.717, 1.165) is 38.4 Å². The smallest absolute Gasteiger partial charge is 0.419 e. The Morgan fingerprint density at radius 3 is 2.67 bits per heavy atom. The Morgan fingerprint density at radius 1 is 1.11 bits per heavy atom. The van der Waals surface area contributed by atoms with E-state index < -0.39 is 11.7 Å². The molecule has 1 heterocycles. The van der Waals surface area contributed by atoms with Crippen LogP contribution in [-0.4, -0.2) is 19.2 Å². The average Bonchev–Trinajstić information content (AvgIpc) is 2.57. The number of benzene rings is 1. The Hall–Kier alpha value is -1.23. The molecule has 1 N–H and O–H groups in total. The van der Waals surface area contributed by atoms with Gasteiger partial charge in [0.1, 0.15) is 5.75 Å². The zero-order valence-electron chi connectivity index (χ0n) is 9.96. The summed E-state index contributed by atoms with van der Waals surface area (Å²) >= 11 is 0. The molecule has 0 saturated carbocycles. The Morgan fingerprint density at radius 2 is 1.89 bits per heavy atom. The van der Waals surface area contributed by atoms with Gasteiger partial charge in [-0.2, -0.15) is 13.2 Å². The van der Waals surface area contributed by atoms with Crippen molar-refractivity contribution in [2.45, 2.75) is 31.5 Å². The third kappa shape index (κ3) is 3.38. The zero-order chi connectivity index (χ0) is 13.0. The highest BCUT2D eigenvalue weighted by molar-refractivity contribution is 5.35. The van der Waals surface area contributed by atoms with Gasteiger partial charge in [-0.15, -0.1) is 0 Å². The van der Waals surface area contributed by atoms with E-state index >= 15 is 0 Å². The molecule has 1 unspecified atom stereocenters. The topological polar surface area (TPSA) is 21.3 Å². The Balaban J connectivity index is 2.13. The van der Waals surface area contributed by atoms with Crippen molar-refractivity contribution in [3.8, 4) is 5.75 Å². The molecule has 1 aliphatic heterocycles. The van der Waals surface area contributed by atoms with Crippen molar-refractivity contribution in [2.24, 2.45) is 0 Å². The van der Waals surface area contributed by atoms with Crippen molar-refractivity contribution in [3.63, 3.8) is 0 Å². The molecule has 100 valence electrons. The Bertz CT molecular complexity index is 384. The summed E-state index contributed by atoms with van der Waals surface area (Å²) in [6.07, 6.45) is -2.03. The minimum Gasteiger partial charge on any atom is -0.490 e. The van der Waals surface area contributed by atoms with Crippen LogP contribution >= 0.6 is 0 Å². The molecular weight excluding hydrogens is 243 g/mol. The number of halogens is 3. The molecule has 0 aromatic heterocycles. The molecule has 0 amide bonds. The number of hydrogen-bond donors (Lipinski definition) is 1. The van der Waals surface area contributed by atoms with Gasteiger partial charge in [0.15, 0.2) is 0 Å². The number of alkyl halides is 3. The maximum absolute atomic E-state index is 12.8. The summed E-state index contributed by atoms with van der Waals surface area (Å²) in [7, 11) is 0. The van der Waals surface area contributed by atoms with Gasteiger partial charge in [0, 0.05) is 0 Å². The molecule has 0 aliphatic carbocycles. The summed E-state index contributed by atoms with van der Waals surface area (Å²) in [5, 5.41) is 3.21. The van der Waals surface area contributed by atoms with E-state index in [1.54, 1.807) is 6.07 Å². The normalized spacial score (nSPS) is 21.4. The quantitative estimate of drug-likeness (QED) is 0.880. The van der Waals surface area contributed by atoms with Gasteiger partial charge in [-0.3, -0.25) is 0 Å². The molecule has 1 aliphatic rings. The maximum atomic E-state index is 12.8. The highest BCUT2D eigenvalue weighted by Gasteiger charge is 2.34. The standard InChI is InChI=1S/C13H16F3NO/c14-13(15,16)11-5-1-2-6-12(11)18-10-4-3-8-17-9-7-10/h1-2,5-6,10,17H,3-4,7-9H2. The van der Waals surface area contributed by atoms with Crippen LogP contribution in [0.25, 0.3) is 0 Å². The lowest BCUT2D eigenvalue weighted by molar-refractivity contribution is -0.139. The predicted octanol–water partition coefficient (Wildman–Crippen LogP) is 3.23. The van der Waals surface area contributed by atoms with Gasteiger partial charge >= 0.3 is 6.18 Å². The SMILES string of the molecule is FC(F)(F)c1ccccc1OC1CCCNCC1. The molecule has 5 heteroatoms. The molecule has 1 atom stereocenters. The van der Waals surface area contributed by atoms with Crippen molar-refractivity contribution in [3.05, 3.63) is 29.8 Å². The van der Waals surface area contributed by atoms with Crippen LogP contribution < -0.4 is 10.1 Å². The van der Waals surface area contributed by atoms with E-state index in [4.69, 9.17) is 4.74 Å². The third-order valence-corrected chi connectivity index (χ3v) is 3.01. The second kappa shape index (κ2) is 5.61. The summed E-state index contributed by atoms with van der Waals surface area (Å²) in [5.74, 6) is -0.0584. The van der Waals surface area contributed by atoms with Gasteiger partial charge in [0.05, 0.1) is 11.7 Å². The summed E-state index contributed by atoms with van der Waals surface area (Å²) in [4.78, 5) is 0. The van der Waals surface area contributed by atoms with Crippen LogP contribution in [0.2, 0.25) is 0 Å². The van der Waals surface area contributed by atoms with Crippen molar-refractivity contribution in [2.75, 3.05) is 13.1 Å². The fraction of sp³-hybridized carbons (Fsp3) is 0.538. The molecule has 1 aromatic rings. The van der Waals surface area contributed by atoms with E-state index in [1.165, 1.54) is 12.1 Å². The van der Waals surface area contributed by atoms with Gasteiger partial charge in [-0.25, -0.2) is 0 Å². The van der Waals surface area contributed by atoms with Crippen molar-refractivity contribution in [1.82, 2.24) is 5.32 Å². The Kier molecular flexibility index (Phi) is 4.11. The summed E-state index contributed by atoms with van der Waals surface area (Å²) in [6.45, 7) is 1.69. The van der Waals surface area contributed by atoms with Crippen molar-refractivity contribution in [1.29, 1.82) is 0 Å². The highest BCUT2D eigenvalue weighted by Crippen LogP contribution is 2.36. The van der Waals surface area contributed by atoms with Crippen LogP contribution in [-0.2, 0) is 6.18 Å². The fourth-order valence-electron chi connectivity index (χ4n) is 2.09. The molecule has 0 spiro atoms. The predicted molar refractivity (Wildman–Crippen MR) is 62.6 cm³/mol. The molecule has 0 radical (unpaired) electrons. The Labute approximate surface area is 104 Å². The molecule has 2 rings (SSSR count). The summed E-state index contributed by atoms with van der Waals surface area (Å²) in [6, 6.07) is 5.40. The minimum atomic E-state index is -4.36. The number of rotatable bonds is 2. The highest BCUT2D eigenvalue weighted by atomic mass is 19.4. The van der Waals surface area contributed by atoms with E-state index in [-0.39, 0.29) is 11.9 Å².